The van der Waals surface area contributed by atoms with E-state index in [1.165, 1.54) is 12.8 Å². The first-order valence-electron chi connectivity index (χ1n) is 6.73. The highest BCUT2D eigenvalue weighted by atomic mass is 127. The minimum absolute atomic E-state index is 0.590. The Hall–Kier alpha value is -0.890. The van der Waals surface area contributed by atoms with Gasteiger partial charge in [0.15, 0.2) is 5.82 Å². The monoisotopic (exact) mass is 459 g/mol. The van der Waals surface area contributed by atoms with Gasteiger partial charge in [0.2, 0.25) is 0 Å². The van der Waals surface area contributed by atoms with Crippen LogP contribution in [0, 0.1) is 3.57 Å². The topological polar surface area (TPSA) is 47.0 Å². The van der Waals surface area contributed by atoms with E-state index < -0.39 is 0 Å². The third-order valence-electron chi connectivity index (χ3n) is 3.49. The predicted molar refractivity (Wildman–Crippen MR) is 96.0 cm³/mol. The molecule has 110 valence electrons. The van der Waals surface area contributed by atoms with Crippen molar-refractivity contribution in [3.63, 3.8) is 0 Å². The van der Waals surface area contributed by atoms with Crippen LogP contribution < -0.4 is 10.1 Å². The number of hydrogen-bond donors (Lipinski definition) is 1. The molecular weight excluding hydrogens is 445 g/mol. The lowest BCUT2D eigenvalue weighted by Gasteiger charge is -2.11. The maximum absolute atomic E-state index is 5.27. The number of methoxy groups -OCH3 is 1. The molecule has 1 aliphatic rings. The van der Waals surface area contributed by atoms with Crippen molar-refractivity contribution in [1.82, 2.24) is 9.97 Å². The van der Waals surface area contributed by atoms with Crippen LogP contribution in [0.15, 0.2) is 22.7 Å². The third kappa shape index (κ3) is 3.01. The Labute approximate surface area is 146 Å². The van der Waals surface area contributed by atoms with E-state index in [0.717, 1.165) is 36.7 Å². The number of anilines is 1. The van der Waals surface area contributed by atoms with Crippen molar-refractivity contribution >= 4 is 44.3 Å². The molecule has 0 amide bonds. The molecule has 0 radical (unpaired) electrons. The Morgan fingerprint density at radius 1 is 1.33 bits per heavy atom. The maximum atomic E-state index is 5.27. The van der Waals surface area contributed by atoms with Gasteiger partial charge in [0.25, 0.3) is 0 Å². The summed E-state index contributed by atoms with van der Waals surface area (Å²) in [6.07, 6.45) is 2.45. The fraction of sp³-hybridized carbons (Fsp3) is 0.333. The molecular formula is C15H15BrIN3O. The maximum Gasteiger partial charge on any atom is 0.161 e. The van der Waals surface area contributed by atoms with E-state index in [0.29, 0.717) is 5.92 Å². The van der Waals surface area contributed by atoms with Gasteiger partial charge in [-0.3, -0.25) is 0 Å². The first kappa shape index (κ1) is 15.0. The Bertz CT molecular complexity index is 689. The van der Waals surface area contributed by atoms with Crippen molar-refractivity contribution < 1.29 is 4.74 Å². The van der Waals surface area contributed by atoms with Crippen molar-refractivity contribution in [3.05, 3.63) is 31.9 Å². The highest BCUT2D eigenvalue weighted by molar-refractivity contribution is 14.1. The van der Waals surface area contributed by atoms with Crippen LogP contribution in [0.3, 0.4) is 0 Å². The molecule has 6 heteroatoms. The van der Waals surface area contributed by atoms with Crippen LogP contribution in [0.5, 0.6) is 5.75 Å². The Balaban J connectivity index is 2.09. The second-order valence-corrected chi connectivity index (χ2v) is 6.90. The Morgan fingerprint density at radius 2 is 2.10 bits per heavy atom. The normalized spacial score (nSPS) is 14.1. The summed E-state index contributed by atoms with van der Waals surface area (Å²) < 4.78 is 7.31. The van der Waals surface area contributed by atoms with Crippen LogP contribution in [-0.2, 0) is 0 Å². The van der Waals surface area contributed by atoms with Crippen LogP contribution in [-0.4, -0.2) is 24.1 Å². The molecule has 1 fully saturated rings. The number of ether oxygens (including phenoxy) is 1. The van der Waals surface area contributed by atoms with Crippen molar-refractivity contribution in [2.24, 2.45) is 0 Å². The quantitative estimate of drug-likeness (QED) is 0.686. The molecule has 4 nitrogen and oxygen atoms in total. The number of hydrogen-bond acceptors (Lipinski definition) is 4. The fourth-order valence-corrected chi connectivity index (χ4v) is 3.68. The number of benzene rings is 1. The second-order valence-electron chi connectivity index (χ2n) is 4.97. The summed E-state index contributed by atoms with van der Waals surface area (Å²) in [6, 6.07) is 5.91. The lowest BCUT2D eigenvalue weighted by molar-refractivity contribution is 0.412. The van der Waals surface area contributed by atoms with E-state index in [2.05, 4.69) is 48.8 Å². The van der Waals surface area contributed by atoms with E-state index in [1.54, 1.807) is 7.11 Å². The van der Waals surface area contributed by atoms with Gasteiger partial charge in [-0.2, -0.15) is 0 Å². The van der Waals surface area contributed by atoms with E-state index in [1.807, 2.05) is 25.2 Å². The second kappa shape index (κ2) is 6.08. The highest BCUT2D eigenvalue weighted by Gasteiger charge is 2.29. The molecule has 1 N–H and O–H groups in total. The molecule has 21 heavy (non-hydrogen) atoms. The summed E-state index contributed by atoms with van der Waals surface area (Å²) in [6.45, 7) is 0. The van der Waals surface area contributed by atoms with Gasteiger partial charge in [-0.25, -0.2) is 9.97 Å². The molecule has 1 saturated carbocycles. The predicted octanol–water partition coefficient (Wildman–Crippen LogP) is 4.44. The number of nitrogens with one attached hydrogen (secondary N) is 1. The molecule has 0 bridgehead atoms. The van der Waals surface area contributed by atoms with Crippen LogP contribution in [0.25, 0.3) is 11.4 Å². The van der Waals surface area contributed by atoms with Crippen LogP contribution in [0.2, 0.25) is 0 Å². The van der Waals surface area contributed by atoms with E-state index in [4.69, 9.17) is 9.72 Å². The van der Waals surface area contributed by atoms with Crippen molar-refractivity contribution in [3.8, 4) is 17.1 Å². The van der Waals surface area contributed by atoms with Crippen molar-refractivity contribution in [1.29, 1.82) is 0 Å². The van der Waals surface area contributed by atoms with Gasteiger partial charge in [-0.05, 0) is 69.6 Å². The molecule has 1 aromatic heterocycles. The first-order valence-corrected chi connectivity index (χ1v) is 8.60. The summed E-state index contributed by atoms with van der Waals surface area (Å²) in [7, 11) is 3.56. The number of halogens is 2. The smallest absolute Gasteiger partial charge is 0.161 e. The summed E-state index contributed by atoms with van der Waals surface area (Å²) in [5.74, 6) is 3.05. The SMILES string of the molecule is CNc1nc(-c2ccc(OC)c(Br)c2)nc(C2CC2)c1I. The van der Waals surface area contributed by atoms with Crippen LogP contribution in [0.1, 0.15) is 24.5 Å². The number of rotatable bonds is 4. The first-order chi connectivity index (χ1) is 10.1. The standard InChI is InChI=1S/C15H15BrIN3O/c1-18-15-12(17)13(8-3-4-8)19-14(20-15)9-5-6-11(21-2)10(16)7-9/h5-8H,3-4H2,1-2H3,(H,18,19,20). The van der Waals surface area contributed by atoms with Crippen LogP contribution in [0.4, 0.5) is 5.82 Å². The van der Waals surface area contributed by atoms with Gasteiger partial charge in [-0.15, -0.1) is 0 Å². The van der Waals surface area contributed by atoms with Gasteiger partial charge in [0, 0.05) is 18.5 Å². The average Bonchev–Trinajstić information content (AvgIpc) is 3.32. The summed E-state index contributed by atoms with van der Waals surface area (Å²) >= 11 is 5.85. The zero-order valence-electron chi connectivity index (χ0n) is 11.8. The van der Waals surface area contributed by atoms with E-state index in [-0.39, 0.29) is 0 Å². The summed E-state index contributed by atoms with van der Waals surface area (Å²) in [5.41, 5.74) is 2.15. The zero-order chi connectivity index (χ0) is 15.0. The third-order valence-corrected chi connectivity index (χ3v) is 5.17. The molecule has 0 unspecified atom stereocenters. The van der Waals surface area contributed by atoms with Gasteiger partial charge in [0.1, 0.15) is 11.6 Å². The lowest BCUT2D eigenvalue weighted by atomic mass is 10.2. The van der Waals surface area contributed by atoms with Gasteiger partial charge >= 0.3 is 0 Å². The van der Waals surface area contributed by atoms with Crippen molar-refractivity contribution in [2.45, 2.75) is 18.8 Å². The number of aromatic nitrogens is 2. The summed E-state index contributed by atoms with van der Waals surface area (Å²) in [5, 5.41) is 3.17. The molecule has 1 heterocycles. The van der Waals surface area contributed by atoms with Gasteiger partial charge in [0.05, 0.1) is 20.8 Å². The van der Waals surface area contributed by atoms with Crippen molar-refractivity contribution in [2.75, 3.05) is 19.5 Å². The van der Waals surface area contributed by atoms with E-state index >= 15 is 0 Å². The molecule has 0 spiro atoms. The average molecular weight is 460 g/mol. The molecule has 0 saturated heterocycles. The molecule has 1 aliphatic carbocycles. The van der Waals surface area contributed by atoms with E-state index in [9.17, 15) is 0 Å². The fourth-order valence-electron chi connectivity index (χ4n) is 2.19. The highest BCUT2D eigenvalue weighted by Crippen LogP contribution is 2.43. The Kier molecular flexibility index (Phi) is 4.35. The van der Waals surface area contributed by atoms with Gasteiger partial charge in [-0.1, -0.05) is 0 Å². The summed E-state index contributed by atoms with van der Waals surface area (Å²) in [4.78, 5) is 9.43. The Morgan fingerprint density at radius 3 is 2.67 bits per heavy atom. The largest absolute Gasteiger partial charge is 0.496 e. The molecule has 3 rings (SSSR count). The van der Waals surface area contributed by atoms with Crippen LogP contribution >= 0.6 is 38.5 Å². The van der Waals surface area contributed by atoms with Gasteiger partial charge < -0.3 is 10.1 Å². The lowest BCUT2D eigenvalue weighted by Crippen LogP contribution is -2.04. The molecule has 0 atom stereocenters. The minimum atomic E-state index is 0.590. The molecule has 1 aromatic carbocycles. The number of nitrogens with zero attached hydrogens (tertiary/aromatic N) is 2. The minimum Gasteiger partial charge on any atom is -0.496 e. The molecule has 2 aromatic rings. The zero-order valence-corrected chi connectivity index (χ0v) is 15.5. The molecule has 0 aliphatic heterocycles.